The fraction of sp³-hybridized carbons (Fsp3) is 0.200. The van der Waals surface area contributed by atoms with E-state index >= 15 is 0 Å². The number of hydrazone groups is 1. The molecule has 0 unspecified atom stereocenters. The van der Waals surface area contributed by atoms with Crippen molar-refractivity contribution < 1.29 is 8.42 Å². The second-order valence-electron chi connectivity index (χ2n) is 6.71. The largest absolute Gasteiger partial charge is 0.253 e. The van der Waals surface area contributed by atoms with Gasteiger partial charge in [-0.2, -0.15) is 9.41 Å². The number of thiazole rings is 1. The summed E-state index contributed by atoms with van der Waals surface area (Å²) >= 11 is 13.4. The minimum absolute atomic E-state index is 0.291. The van der Waals surface area contributed by atoms with Crippen LogP contribution in [0.3, 0.4) is 0 Å². The van der Waals surface area contributed by atoms with Crippen LogP contribution in [0.5, 0.6) is 0 Å². The van der Waals surface area contributed by atoms with Crippen LogP contribution in [0.1, 0.15) is 18.4 Å². The highest BCUT2D eigenvalue weighted by Crippen LogP contribution is 2.28. The summed E-state index contributed by atoms with van der Waals surface area (Å²) in [7, 11) is -3.47. The number of hydrogen-bond acceptors (Lipinski definition) is 6. The number of sulfonamides is 1. The van der Waals surface area contributed by atoms with Gasteiger partial charge in [-0.25, -0.2) is 13.4 Å². The average Bonchev–Trinajstić information content (AvgIpc) is 3.42. The average molecular weight is 481 g/mol. The molecule has 1 N–H and O–H groups in total. The van der Waals surface area contributed by atoms with Gasteiger partial charge in [0.2, 0.25) is 15.2 Å². The monoisotopic (exact) mass is 480 g/mol. The highest BCUT2D eigenvalue weighted by molar-refractivity contribution is 7.89. The van der Waals surface area contributed by atoms with Crippen molar-refractivity contribution in [3.8, 4) is 11.3 Å². The van der Waals surface area contributed by atoms with E-state index in [0.717, 1.165) is 24.0 Å². The van der Waals surface area contributed by atoms with Gasteiger partial charge in [0, 0.05) is 34.6 Å². The van der Waals surface area contributed by atoms with Crippen LogP contribution >= 0.6 is 34.5 Å². The smallest absolute Gasteiger partial charge is 0.243 e. The number of aromatic nitrogens is 1. The molecule has 0 spiro atoms. The maximum absolute atomic E-state index is 12.8. The molecule has 30 heavy (non-hydrogen) atoms. The molecular weight excluding hydrogens is 463 g/mol. The van der Waals surface area contributed by atoms with Gasteiger partial charge in [-0.3, -0.25) is 5.43 Å². The molecular formula is C20H18Cl2N4O2S2. The van der Waals surface area contributed by atoms with Crippen molar-refractivity contribution in [2.45, 2.75) is 17.7 Å². The molecule has 0 radical (unpaired) electrons. The Morgan fingerprint density at radius 2 is 1.93 bits per heavy atom. The van der Waals surface area contributed by atoms with Gasteiger partial charge in [-0.15, -0.1) is 11.3 Å². The molecule has 2 heterocycles. The van der Waals surface area contributed by atoms with E-state index in [1.807, 2.05) is 11.4 Å². The number of nitrogens with one attached hydrogen (secondary N) is 1. The van der Waals surface area contributed by atoms with Crippen molar-refractivity contribution in [2.75, 3.05) is 18.5 Å². The molecule has 1 aliphatic rings. The molecule has 0 atom stereocenters. The lowest BCUT2D eigenvalue weighted by Gasteiger charge is -2.15. The van der Waals surface area contributed by atoms with Gasteiger partial charge in [0.25, 0.3) is 0 Å². The summed E-state index contributed by atoms with van der Waals surface area (Å²) in [5.74, 6) is 0. The van der Waals surface area contributed by atoms with E-state index in [2.05, 4.69) is 15.5 Å². The van der Waals surface area contributed by atoms with Gasteiger partial charge >= 0.3 is 0 Å². The van der Waals surface area contributed by atoms with E-state index in [9.17, 15) is 8.42 Å². The lowest BCUT2D eigenvalue weighted by Crippen LogP contribution is -2.27. The minimum atomic E-state index is -3.47. The summed E-state index contributed by atoms with van der Waals surface area (Å²) in [6.45, 7) is 1.15. The third-order valence-corrected chi connectivity index (χ3v) is 7.87. The zero-order chi connectivity index (χ0) is 21.1. The van der Waals surface area contributed by atoms with Crippen molar-refractivity contribution in [1.29, 1.82) is 0 Å². The number of hydrogen-bond donors (Lipinski definition) is 1. The molecule has 10 heteroatoms. The molecule has 2 aromatic carbocycles. The molecule has 0 bridgehead atoms. The lowest BCUT2D eigenvalue weighted by atomic mass is 10.2. The van der Waals surface area contributed by atoms with Gasteiger partial charge < -0.3 is 0 Å². The van der Waals surface area contributed by atoms with Gasteiger partial charge in [0.1, 0.15) is 0 Å². The van der Waals surface area contributed by atoms with E-state index in [1.165, 1.54) is 15.6 Å². The Bertz CT molecular complexity index is 1190. The number of anilines is 1. The van der Waals surface area contributed by atoms with Crippen molar-refractivity contribution in [1.82, 2.24) is 9.29 Å². The highest BCUT2D eigenvalue weighted by atomic mass is 35.5. The number of rotatable bonds is 6. The summed E-state index contributed by atoms with van der Waals surface area (Å²) in [4.78, 5) is 4.79. The Hall–Kier alpha value is -1.97. The predicted octanol–water partition coefficient (Wildman–Crippen LogP) is 5.35. The van der Waals surface area contributed by atoms with Gasteiger partial charge in [0.15, 0.2) is 0 Å². The molecule has 3 aromatic rings. The Labute approximate surface area is 189 Å². The SMILES string of the molecule is O=S(=O)(c1cccc(-c2csc(NN=Cc3ccc(Cl)cc3Cl)n2)c1)N1CCCC1. The van der Waals surface area contributed by atoms with Crippen LogP contribution in [0.4, 0.5) is 5.13 Å². The molecule has 1 aromatic heterocycles. The maximum Gasteiger partial charge on any atom is 0.243 e. The van der Waals surface area contributed by atoms with Gasteiger partial charge in [-0.1, -0.05) is 41.4 Å². The van der Waals surface area contributed by atoms with E-state index in [1.54, 1.807) is 42.6 Å². The Balaban J connectivity index is 1.49. The van der Waals surface area contributed by atoms with Crippen LogP contribution in [-0.2, 0) is 10.0 Å². The van der Waals surface area contributed by atoms with Crippen LogP contribution in [0.15, 0.2) is 57.8 Å². The summed E-state index contributed by atoms with van der Waals surface area (Å²) in [6, 6.07) is 12.0. The fourth-order valence-electron chi connectivity index (χ4n) is 3.11. The number of nitrogens with zero attached hydrogens (tertiary/aromatic N) is 3. The zero-order valence-corrected chi connectivity index (χ0v) is 18.9. The molecule has 1 saturated heterocycles. The minimum Gasteiger partial charge on any atom is -0.253 e. The quantitative estimate of drug-likeness (QED) is 0.381. The van der Waals surface area contributed by atoms with E-state index in [4.69, 9.17) is 23.2 Å². The van der Waals surface area contributed by atoms with E-state index in [-0.39, 0.29) is 0 Å². The van der Waals surface area contributed by atoms with E-state index < -0.39 is 10.0 Å². The third kappa shape index (κ3) is 4.68. The van der Waals surface area contributed by atoms with Crippen LogP contribution in [-0.4, -0.2) is 37.0 Å². The first kappa shape index (κ1) is 21.3. The molecule has 0 saturated carbocycles. The fourth-order valence-corrected chi connectivity index (χ4v) is 5.80. The van der Waals surface area contributed by atoms with Crippen molar-refractivity contribution in [3.63, 3.8) is 0 Å². The van der Waals surface area contributed by atoms with Gasteiger partial charge in [0.05, 0.1) is 21.8 Å². The third-order valence-electron chi connectivity index (χ3n) is 4.66. The zero-order valence-electron chi connectivity index (χ0n) is 15.8. The summed E-state index contributed by atoms with van der Waals surface area (Å²) in [6.07, 6.45) is 3.40. The summed E-state index contributed by atoms with van der Waals surface area (Å²) < 4.78 is 27.1. The Morgan fingerprint density at radius 3 is 2.70 bits per heavy atom. The van der Waals surface area contributed by atoms with Crippen LogP contribution in [0.2, 0.25) is 10.0 Å². The number of halogens is 2. The lowest BCUT2D eigenvalue weighted by molar-refractivity contribution is 0.477. The first-order valence-electron chi connectivity index (χ1n) is 9.24. The van der Waals surface area contributed by atoms with Crippen molar-refractivity contribution >= 4 is 55.9 Å². The van der Waals surface area contributed by atoms with Crippen LogP contribution < -0.4 is 5.43 Å². The Kier molecular flexibility index (Phi) is 6.40. The highest BCUT2D eigenvalue weighted by Gasteiger charge is 2.27. The molecule has 156 valence electrons. The second kappa shape index (κ2) is 9.03. The summed E-state index contributed by atoms with van der Waals surface area (Å²) in [5.41, 5.74) is 5.02. The van der Waals surface area contributed by atoms with Gasteiger partial charge in [-0.05, 0) is 37.1 Å². The normalized spacial score (nSPS) is 15.1. The Morgan fingerprint density at radius 1 is 1.13 bits per heavy atom. The van der Waals surface area contributed by atoms with Crippen LogP contribution in [0, 0.1) is 0 Å². The standard InChI is InChI=1S/C20H18Cl2N4O2S2/c21-16-7-6-15(18(22)11-16)12-23-25-20-24-19(13-29-20)14-4-3-5-17(10-14)30(27,28)26-8-1-2-9-26/h3-7,10-13H,1-2,8-9H2,(H,24,25). The topological polar surface area (TPSA) is 74.7 Å². The first-order valence-corrected chi connectivity index (χ1v) is 12.3. The predicted molar refractivity (Wildman–Crippen MR) is 123 cm³/mol. The molecule has 1 aliphatic heterocycles. The van der Waals surface area contributed by atoms with Crippen molar-refractivity contribution in [2.24, 2.45) is 5.10 Å². The molecule has 1 fully saturated rings. The van der Waals surface area contributed by atoms with Crippen LogP contribution in [0.25, 0.3) is 11.3 Å². The second-order valence-corrected chi connectivity index (χ2v) is 10.4. The van der Waals surface area contributed by atoms with Crippen molar-refractivity contribution in [3.05, 3.63) is 63.5 Å². The van der Waals surface area contributed by atoms with E-state index in [0.29, 0.717) is 38.9 Å². The molecule has 6 nitrogen and oxygen atoms in total. The molecule has 0 amide bonds. The number of benzene rings is 2. The molecule has 0 aliphatic carbocycles. The summed E-state index contributed by atoms with van der Waals surface area (Å²) in [5, 5.41) is 7.66. The maximum atomic E-state index is 12.8. The molecule has 4 rings (SSSR count). The first-order chi connectivity index (χ1) is 14.4.